The normalized spacial score (nSPS) is 25.2. The third-order valence-corrected chi connectivity index (χ3v) is 4.57. The third-order valence-electron chi connectivity index (χ3n) is 4.57. The maximum atomic E-state index is 4.77. The van der Waals surface area contributed by atoms with E-state index in [-0.39, 0.29) is 0 Å². The molecular formula is C17H28N2. The second-order valence-corrected chi connectivity index (χ2v) is 5.86. The maximum Gasteiger partial charge on any atom is 0.0579 e. The molecule has 0 bridgehead atoms. The van der Waals surface area contributed by atoms with Crippen LogP contribution in [0.5, 0.6) is 0 Å². The van der Waals surface area contributed by atoms with Gasteiger partial charge in [0, 0.05) is 5.69 Å². The van der Waals surface area contributed by atoms with Crippen LogP contribution in [0.2, 0.25) is 0 Å². The Bertz CT molecular complexity index is 389. The van der Waals surface area contributed by atoms with Crippen LogP contribution in [0.3, 0.4) is 0 Å². The molecule has 1 aromatic heterocycles. The first-order valence-corrected chi connectivity index (χ1v) is 7.93. The fraction of sp³-hybridized carbons (Fsp3) is 0.706. The van der Waals surface area contributed by atoms with Crippen LogP contribution in [0.1, 0.15) is 63.4 Å². The van der Waals surface area contributed by atoms with E-state index in [1.54, 1.807) is 0 Å². The van der Waals surface area contributed by atoms with Crippen molar-refractivity contribution in [3.05, 3.63) is 29.6 Å². The molecule has 3 unspecified atom stereocenters. The summed E-state index contributed by atoms with van der Waals surface area (Å²) >= 11 is 0. The molecule has 0 aliphatic heterocycles. The summed E-state index contributed by atoms with van der Waals surface area (Å²) < 4.78 is 0. The number of aromatic nitrogens is 1. The molecular weight excluding hydrogens is 232 g/mol. The zero-order valence-electron chi connectivity index (χ0n) is 12.7. The lowest BCUT2D eigenvalue weighted by Crippen LogP contribution is -2.35. The Kier molecular flexibility index (Phi) is 5.38. The molecule has 1 aliphatic carbocycles. The Labute approximate surface area is 118 Å². The predicted octanol–water partition coefficient (Wildman–Crippen LogP) is 4.26. The molecule has 2 heteroatoms. The average molecular weight is 260 g/mol. The van der Waals surface area contributed by atoms with E-state index in [4.69, 9.17) is 4.98 Å². The van der Waals surface area contributed by atoms with Gasteiger partial charge in [0.25, 0.3) is 0 Å². The highest BCUT2D eigenvalue weighted by atomic mass is 14.9. The molecule has 3 atom stereocenters. The first kappa shape index (κ1) is 14.5. The van der Waals surface area contributed by atoms with E-state index in [9.17, 15) is 0 Å². The molecule has 0 amide bonds. The first-order valence-electron chi connectivity index (χ1n) is 7.93. The highest BCUT2D eigenvalue weighted by Gasteiger charge is 2.31. The van der Waals surface area contributed by atoms with E-state index < -0.39 is 0 Å². The number of rotatable bonds is 5. The average Bonchev–Trinajstić information content (AvgIpc) is 2.45. The smallest absolute Gasteiger partial charge is 0.0579 e. The van der Waals surface area contributed by atoms with Crippen LogP contribution in [0.4, 0.5) is 0 Å². The largest absolute Gasteiger partial charge is 0.309 e. The highest BCUT2D eigenvalue weighted by molar-refractivity contribution is 5.15. The topological polar surface area (TPSA) is 24.9 Å². The molecule has 0 aromatic carbocycles. The summed E-state index contributed by atoms with van der Waals surface area (Å²) in [7, 11) is 0. The molecule has 2 nitrogen and oxygen atoms in total. The molecule has 0 spiro atoms. The zero-order valence-corrected chi connectivity index (χ0v) is 12.7. The quantitative estimate of drug-likeness (QED) is 0.855. The van der Waals surface area contributed by atoms with E-state index in [1.807, 2.05) is 0 Å². The van der Waals surface area contributed by atoms with Crippen LogP contribution >= 0.6 is 0 Å². The predicted molar refractivity (Wildman–Crippen MR) is 81.1 cm³/mol. The van der Waals surface area contributed by atoms with E-state index in [0.717, 1.165) is 24.1 Å². The van der Waals surface area contributed by atoms with Gasteiger partial charge in [-0.2, -0.15) is 0 Å². The minimum atomic E-state index is 0.440. The second-order valence-electron chi connectivity index (χ2n) is 5.86. The monoisotopic (exact) mass is 260 g/mol. The van der Waals surface area contributed by atoms with Gasteiger partial charge in [0.2, 0.25) is 0 Å². The third kappa shape index (κ3) is 3.56. The molecule has 2 rings (SSSR count). The van der Waals surface area contributed by atoms with Gasteiger partial charge < -0.3 is 5.32 Å². The Morgan fingerprint density at radius 3 is 2.74 bits per heavy atom. The molecule has 1 aromatic rings. The van der Waals surface area contributed by atoms with Crippen molar-refractivity contribution in [2.75, 3.05) is 6.54 Å². The number of hydrogen-bond acceptors (Lipinski definition) is 2. The minimum Gasteiger partial charge on any atom is -0.309 e. The van der Waals surface area contributed by atoms with Crippen molar-refractivity contribution in [2.45, 2.75) is 58.9 Å². The summed E-state index contributed by atoms with van der Waals surface area (Å²) in [4.78, 5) is 4.77. The van der Waals surface area contributed by atoms with Crippen molar-refractivity contribution in [1.82, 2.24) is 10.3 Å². The Hall–Kier alpha value is -0.890. The number of pyridine rings is 1. The molecule has 1 fully saturated rings. The van der Waals surface area contributed by atoms with Gasteiger partial charge >= 0.3 is 0 Å². The maximum absolute atomic E-state index is 4.77. The summed E-state index contributed by atoms with van der Waals surface area (Å²) in [6, 6.07) is 6.87. The summed E-state index contributed by atoms with van der Waals surface area (Å²) in [5.74, 6) is 1.62. The molecule has 0 saturated heterocycles. The van der Waals surface area contributed by atoms with Gasteiger partial charge in [-0.15, -0.1) is 0 Å². The number of aryl methyl sites for hydroxylation is 1. The summed E-state index contributed by atoms with van der Waals surface area (Å²) in [6.45, 7) is 7.65. The minimum absolute atomic E-state index is 0.440. The van der Waals surface area contributed by atoms with E-state index in [1.165, 1.54) is 37.8 Å². The van der Waals surface area contributed by atoms with Crippen molar-refractivity contribution in [2.24, 2.45) is 11.8 Å². The second kappa shape index (κ2) is 7.04. The Morgan fingerprint density at radius 2 is 2.05 bits per heavy atom. The van der Waals surface area contributed by atoms with Gasteiger partial charge in [0.15, 0.2) is 0 Å². The van der Waals surface area contributed by atoms with E-state index in [0.29, 0.717) is 6.04 Å². The summed E-state index contributed by atoms with van der Waals surface area (Å²) in [6.07, 6.45) is 6.85. The lowest BCUT2D eigenvalue weighted by atomic mass is 9.73. The standard InChI is InChI=1S/C17H28N2/c1-4-14-10-6-7-11-15(14)17(18-5-2)16-12-8-9-13(3)19-16/h8-9,12,14-15,17-18H,4-7,10-11H2,1-3H3. The number of nitrogens with one attached hydrogen (secondary N) is 1. The van der Waals surface area contributed by atoms with Gasteiger partial charge in [-0.05, 0) is 43.9 Å². The number of nitrogens with zero attached hydrogens (tertiary/aromatic N) is 1. The SMILES string of the molecule is CCNC(c1cccc(C)n1)C1CCCCC1CC. The summed E-state index contributed by atoms with van der Waals surface area (Å²) in [5.41, 5.74) is 2.37. The van der Waals surface area contributed by atoms with Gasteiger partial charge in [-0.25, -0.2) is 0 Å². The van der Waals surface area contributed by atoms with Crippen molar-refractivity contribution in [3.8, 4) is 0 Å². The van der Waals surface area contributed by atoms with E-state index in [2.05, 4.69) is 44.3 Å². The van der Waals surface area contributed by atoms with Crippen LogP contribution in [0, 0.1) is 18.8 Å². The van der Waals surface area contributed by atoms with Crippen molar-refractivity contribution in [1.29, 1.82) is 0 Å². The highest BCUT2D eigenvalue weighted by Crippen LogP contribution is 2.39. The van der Waals surface area contributed by atoms with Crippen molar-refractivity contribution >= 4 is 0 Å². The molecule has 1 heterocycles. The molecule has 0 radical (unpaired) electrons. The van der Waals surface area contributed by atoms with Crippen molar-refractivity contribution in [3.63, 3.8) is 0 Å². The molecule has 1 aliphatic rings. The summed E-state index contributed by atoms with van der Waals surface area (Å²) in [5, 5.41) is 3.70. The lowest BCUT2D eigenvalue weighted by molar-refractivity contribution is 0.174. The van der Waals surface area contributed by atoms with E-state index >= 15 is 0 Å². The van der Waals surface area contributed by atoms with Gasteiger partial charge in [0.05, 0.1) is 11.7 Å². The molecule has 19 heavy (non-hydrogen) atoms. The van der Waals surface area contributed by atoms with Crippen LogP contribution in [0.25, 0.3) is 0 Å². The fourth-order valence-corrected chi connectivity index (χ4v) is 3.61. The van der Waals surface area contributed by atoms with Crippen LogP contribution < -0.4 is 5.32 Å². The van der Waals surface area contributed by atoms with Gasteiger partial charge in [-0.3, -0.25) is 4.98 Å². The van der Waals surface area contributed by atoms with Crippen LogP contribution in [-0.4, -0.2) is 11.5 Å². The lowest BCUT2D eigenvalue weighted by Gasteiger charge is -2.37. The van der Waals surface area contributed by atoms with Crippen LogP contribution in [0.15, 0.2) is 18.2 Å². The van der Waals surface area contributed by atoms with Gasteiger partial charge in [-0.1, -0.05) is 45.6 Å². The molecule has 1 saturated carbocycles. The fourth-order valence-electron chi connectivity index (χ4n) is 3.61. The zero-order chi connectivity index (χ0) is 13.7. The molecule has 1 N–H and O–H groups in total. The van der Waals surface area contributed by atoms with Crippen molar-refractivity contribution < 1.29 is 0 Å². The first-order chi connectivity index (χ1) is 9.26. The van der Waals surface area contributed by atoms with Crippen LogP contribution in [-0.2, 0) is 0 Å². The Morgan fingerprint density at radius 1 is 1.26 bits per heavy atom. The molecule has 106 valence electrons. The van der Waals surface area contributed by atoms with Gasteiger partial charge in [0.1, 0.15) is 0 Å². The number of hydrogen-bond donors (Lipinski definition) is 1. The Balaban J connectivity index is 2.23.